The largest absolute Gasteiger partial charge is 0.418 e. The zero-order chi connectivity index (χ0) is 14.8. The Labute approximate surface area is 113 Å². The molecule has 5 nitrogen and oxygen atoms in total. The van der Waals surface area contributed by atoms with Gasteiger partial charge in [0.15, 0.2) is 0 Å². The monoisotopic (exact) mass is 285 g/mol. The number of nitrogens with one attached hydrogen (secondary N) is 1. The van der Waals surface area contributed by atoms with Crippen molar-refractivity contribution in [1.29, 1.82) is 0 Å². The third-order valence-corrected chi connectivity index (χ3v) is 2.84. The number of benzene rings is 1. The number of nitrogens with two attached hydrogens (primary N) is 1. The van der Waals surface area contributed by atoms with E-state index in [0.29, 0.717) is 18.7 Å². The lowest BCUT2D eigenvalue weighted by Crippen LogP contribution is -2.12. The van der Waals surface area contributed by atoms with Gasteiger partial charge in [0.1, 0.15) is 12.2 Å². The first kappa shape index (κ1) is 14.2. The molecule has 0 saturated heterocycles. The van der Waals surface area contributed by atoms with Gasteiger partial charge in [-0.1, -0.05) is 0 Å². The second-order valence-corrected chi connectivity index (χ2v) is 4.33. The van der Waals surface area contributed by atoms with E-state index < -0.39 is 11.7 Å². The number of aromatic nitrogens is 3. The number of anilines is 2. The van der Waals surface area contributed by atoms with Crippen molar-refractivity contribution in [3.05, 3.63) is 35.9 Å². The molecule has 0 unspecified atom stereocenters. The van der Waals surface area contributed by atoms with Gasteiger partial charge in [-0.05, 0) is 18.2 Å². The Balaban J connectivity index is 2.02. The summed E-state index contributed by atoms with van der Waals surface area (Å²) in [6.07, 6.45) is -2.33. The van der Waals surface area contributed by atoms with Crippen molar-refractivity contribution in [2.45, 2.75) is 12.6 Å². The van der Waals surface area contributed by atoms with E-state index >= 15 is 0 Å². The highest BCUT2D eigenvalue weighted by Gasteiger charge is 2.33. The van der Waals surface area contributed by atoms with Crippen molar-refractivity contribution in [3.63, 3.8) is 0 Å². The number of aryl methyl sites for hydroxylation is 1. The SMILES string of the molecule is Cn1cnnc1CCNc1ccc(N)c(C(F)(F)F)c1. The fourth-order valence-corrected chi connectivity index (χ4v) is 1.76. The van der Waals surface area contributed by atoms with Crippen LogP contribution in [0.5, 0.6) is 0 Å². The minimum absolute atomic E-state index is 0.281. The van der Waals surface area contributed by atoms with Crippen molar-refractivity contribution < 1.29 is 13.2 Å². The molecule has 0 fully saturated rings. The van der Waals surface area contributed by atoms with Crippen LogP contribution in [0.2, 0.25) is 0 Å². The highest BCUT2D eigenvalue weighted by atomic mass is 19.4. The topological polar surface area (TPSA) is 68.8 Å². The maximum Gasteiger partial charge on any atom is 0.418 e. The summed E-state index contributed by atoms with van der Waals surface area (Å²) in [7, 11) is 1.81. The summed E-state index contributed by atoms with van der Waals surface area (Å²) in [6, 6.07) is 3.76. The van der Waals surface area contributed by atoms with Crippen molar-refractivity contribution >= 4 is 11.4 Å². The highest BCUT2D eigenvalue weighted by Crippen LogP contribution is 2.35. The normalized spacial score (nSPS) is 11.6. The number of halogens is 3. The standard InChI is InChI=1S/C12H14F3N5/c1-20-7-18-19-11(20)4-5-17-8-2-3-10(16)9(6-8)12(13,14)15/h2-3,6-7,17H,4-5,16H2,1H3. The molecule has 3 N–H and O–H groups in total. The third kappa shape index (κ3) is 3.19. The van der Waals surface area contributed by atoms with Crippen LogP contribution in [0.1, 0.15) is 11.4 Å². The van der Waals surface area contributed by atoms with E-state index in [1.807, 2.05) is 0 Å². The Hall–Kier alpha value is -2.25. The summed E-state index contributed by atoms with van der Waals surface area (Å²) in [5.41, 5.74) is 4.59. The second kappa shape index (κ2) is 5.40. The van der Waals surface area contributed by atoms with E-state index in [9.17, 15) is 13.2 Å². The van der Waals surface area contributed by atoms with E-state index in [1.54, 1.807) is 17.9 Å². The molecule has 0 bridgehead atoms. The average molecular weight is 285 g/mol. The molecule has 0 aliphatic carbocycles. The first-order valence-electron chi connectivity index (χ1n) is 5.91. The molecule has 1 heterocycles. The van der Waals surface area contributed by atoms with Crippen molar-refractivity contribution in [3.8, 4) is 0 Å². The molecule has 8 heteroatoms. The highest BCUT2D eigenvalue weighted by molar-refractivity contribution is 5.58. The van der Waals surface area contributed by atoms with E-state index in [0.717, 1.165) is 11.9 Å². The number of alkyl halides is 3. The first-order chi connectivity index (χ1) is 9.38. The molecular formula is C12H14F3N5. The second-order valence-electron chi connectivity index (χ2n) is 4.33. The average Bonchev–Trinajstić information content (AvgIpc) is 2.76. The molecule has 0 radical (unpaired) electrons. The van der Waals surface area contributed by atoms with E-state index in [-0.39, 0.29) is 5.69 Å². The van der Waals surface area contributed by atoms with Gasteiger partial charge < -0.3 is 15.6 Å². The number of nitrogen functional groups attached to an aromatic ring is 1. The fraction of sp³-hybridized carbons (Fsp3) is 0.333. The number of hydrogen-bond acceptors (Lipinski definition) is 4. The Bertz CT molecular complexity index is 591. The predicted molar refractivity (Wildman–Crippen MR) is 69.1 cm³/mol. The third-order valence-electron chi connectivity index (χ3n) is 2.84. The Morgan fingerprint density at radius 2 is 2.10 bits per heavy atom. The molecule has 1 aromatic heterocycles. The minimum Gasteiger partial charge on any atom is -0.398 e. The lowest BCUT2D eigenvalue weighted by atomic mass is 10.1. The van der Waals surface area contributed by atoms with Crippen LogP contribution in [-0.2, 0) is 19.6 Å². The Kier molecular flexibility index (Phi) is 3.82. The molecule has 2 aromatic rings. The van der Waals surface area contributed by atoms with Gasteiger partial charge >= 0.3 is 6.18 Å². The predicted octanol–water partition coefficient (Wildman–Crippen LogP) is 2.07. The van der Waals surface area contributed by atoms with Crippen molar-refractivity contribution in [1.82, 2.24) is 14.8 Å². The van der Waals surface area contributed by atoms with E-state index in [4.69, 9.17) is 5.73 Å². The van der Waals surface area contributed by atoms with Crippen molar-refractivity contribution in [2.24, 2.45) is 7.05 Å². The van der Waals surface area contributed by atoms with Gasteiger partial charge in [0.25, 0.3) is 0 Å². The number of nitrogens with zero attached hydrogens (tertiary/aromatic N) is 3. The molecule has 0 saturated carbocycles. The number of rotatable bonds is 4. The lowest BCUT2D eigenvalue weighted by molar-refractivity contribution is -0.136. The molecule has 0 spiro atoms. The fourth-order valence-electron chi connectivity index (χ4n) is 1.76. The molecule has 20 heavy (non-hydrogen) atoms. The molecule has 0 aliphatic heterocycles. The van der Waals surface area contributed by atoms with Gasteiger partial charge in [-0.25, -0.2) is 0 Å². The molecule has 1 aromatic carbocycles. The van der Waals surface area contributed by atoms with Crippen LogP contribution in [-0.4, -0.2) is 21.3 Å². The van der Waals surface area contributed by atoms with Crippen LogP contribution in [0.3, 0.4) is 0 Å². The Morgan fingerprint density at radius 1 is 1.35 bits per heavy atom. The summed E-state index contributed by atoms with van der Waals surface area (Å²) in [6.45, 7) is 0.452. The van der Waals surface area contributed by atoms with Gasteiger partial charge in [-0.2, -0.15) is 13.2 Å². The molecule has 108 valence electrons. The number of hydrogen-bond donors (Lipinski definition) is 2. The molecule has 0 atom stereocenters. The maximum absolute atomic E-state index is 12.7. The van der Waals surface area contributed by atoms with E-state index in [1.165, 1.54) is 12.1 Å². The van der Waals surface area contributed by atoms with Crippen LogP contribution in [0.4, 0.5) is 24.5 Å². The van der Waals surface area contributed by atoms with Crippen LogP contribution < -0.4 is 11.1 Å². The smallest absolute Gasteiger partial charge is 0.398 e. The van der Waals surface area contributed by atoms with Gasteiger partial charge in [0, 0.05) is 31.4 Å². The summed E-state index contributed by atoms with van der Waals surface area (Å²) in [5, 5.41) is 10.5. The molecule has 0 amide bonds. The van der Waals surface area contributed by atoms with Crippen LogP contribution >= 0.6 is 0 Å². The van der Waals surface area contributed by atoms with Gasteiger partial charge in [0.2, 0.25) is 0 Å². The van der Waals surface area contributed by atoms with Crippen LogP contribution in [0.25, 0.3) is 0 Å². The summed E-state index contributed by atoms with van der Waals surface area (Å²) in [4.78, 5) is 0. The quantitative estimate of drug-likeness (QED) is 0.844. The molecular weight excluding hydrogens is 271 g/mol. The van der Waals surface area contributed by atoms with Crippen LogP contribution in [0.15, 0.2) is 24.5 Å². The van der Waals surface area contributed by atoms with Crippen LogP contribution in [0, 0.1) is 0 Å². The van der Waals surface area contributed by atoms with E-state index in [2.05, 4.69) is 15.5 Å². The summed E-state index contributed by atoms with van der Waals surface area (Å²) >= 11 is 0. The summed E-state index contributed by atoms with van der Waals surface area (Å²) < 4.78 is 39.8. The minimum atomic E-state index is -4.45. The molecule has 0 aliphatic rings. The van der Waals surface area contributed by atoms with Crippen molar-refractivity contribution in [2.75, 3.05) is 17.6 Å². The first-order valence-corrected chi connectivity index (χ1v) is 5.91. The van der Waals surface area contributed by atoms with Gasteiger partial charge in [-0.15, -0.1) is 10.2 Å². The van der Waals surface area contributed by atoms with Gasteiger partial charge in [-0.3, -0.25) is 0 Å². The zero-order valence-corrected chi connectivity index (χ0v) is 10.8. The van der Waals surface area contributed by atoms with Gasteiger partial charge in [0.05, 0.1) is 5.56 Å². The maximum atomic E-state index is 12.7. The Morgan fingerprint density at radius 3 is 2.70 bits per heavy atom. The lowest BCUT2D eigenvalue weighted by Gasteiger charge is -2.13. The summed E-state index contributed by atoms with van der Waals surface area (Å²) in [5.74, 6) is 0.754. The molecule has 2 rings (SSSR count). The zero-order valence-electron chi connectivity index (χ0n) is 10.8.